The van der Waals surface area contributed by atoms with Crippen molar-refractivity contribution in [3.63, 3.8) is 0 Å². The van der Waals surface area contributed by atoms with E-state index < -0.39 is 5.83 Å². The van der Waals surface area contributed by atoms with Gasteiger partial charge in [-0.05, 0) is 35.6 Å². The van der Waals surface area contributed by atoms with Gasteiger partial charge in [-0.1, -0.05) is 30.2 Å². The van der Waals surface area contributed by atoms with Gasteiger partial charge in [-0.3, -0.25) is 0 Å². The summed E-state index contributed by atoms with van der Waals surface area (Å²) in [5, 5.41) is 1.91. The first-order valence-electron chi connectivity index (χ1n) is 4.82. The van der Waals surface area contributed by atoms with Gasteiger partial charge in [0.05, 0.1) is 0 Å². The molecule has 0 amide bonds. The van der Waals surface area contributed by atoms with Crippen molar-refractivity contribution in [2.45, 2.75) is 0 Å². The van der Waals surface area contributed by atoms with Gasteiger partial charge in [0.15, 0.2) is 5.83 Å². The third-order valence-corrected chi connectivity index (χ3v) is 2.73. The Morgan fingerprint density at radius 3 is 2.62 bits per heavy atom. The van der Waals surface area contributed by atoms with Crippen molar-refractivity contribution < 1.29 is 4.39 Å². The molecule has 0 atom stereocenters. The first kappa shape index (κ1) is 10.7. The van der Waals surface area contributed by atoms with E-state index in [0.29, 0.717) is 0 Å². The number of allylic oxidation sites excluding steroid dienone is 1. The Balaban J connectivity index is 2.14. The lowest BCUT2D eigenvalue weighted by Gasteiger charge is -1.86. The van der Waals surface area contributed by atoms with Crippen LogP contribution in [0.1, 0.15) is 10.4 Å². The first-order chi connectivity index (χ1) is 7.84. The maximum absolute atomic E-state index is 13.3. The summed E-state index contributed by atoms with van der Waals surface area (Å²) in [4.78, 5) is 0.875. The van der Waals surface area contributed by atoms with E-state index in [9.17, 15) is 4.39 Å². The molecule has 0 N–H and O–H groups in total. The molecule has 0 aliphatic heterocycles. The zero-order valence-electron chi connectivity index (χ0n) is 8.48. The van der Waals surface area contributed by atoms with Gasteiger partial charge in [-0.2, -0.15) is 4.39 Å². The molecular weight excluding hydrogens is 219 g/mol. The highest BCUT2D eigenvalue weighted by Crippen LogP contribution is 2.13. The summed E-state index contributed by atoms with van der Waals surface area (Å²) in [6.07, 6.45) is 1.45. The zero-order valence-corrected chi connectivity index (χ0v) is 9.30. The summed E-state index contributed by atoms with van der Waals surface area (Å²) in [6, 6.07) is 13.1. The molecule has 0 aliphatic carbocycles. The van der Waals surface area contributed by atoms with Crippen molar-refractivity contribution in [1.29, 1.82) is 0 Å². The smallest absolute Gasteiger partial charge is 0.174 e. The standard InChI is InChI=1S/C14H9FS/c15-13(11-14-7-4-10-16-14)9-8-12-5-2-1-3-6-12/h1-7,10-11H/b13-11+. The zero-order chi connectivity index (χ0) is 11.2. The van der Waals surface area contributed by atoms with E-state index in [2.05, 4.69) is 11.8 Å². The molecule has 0 saturated heterocycles. The molecule has 2 rings (SSSR count). The predicted octanol–water partition coefficient (Wildman–Crippen LogP) is 4.11. The Labute approximate surface area is 98.1 Å². The van der Waals surface area contributed by atoms with Crippen LogP contribution < -0.4 is 0 Å². The van der Waals surface area contributed by atoms with E-state index in [0.717, 1.165) is 10.4 Å². The minimum absolute atomic E-state index is 0.411. The molecule has 78 valence electrons. The summed E-state index contributed by atoms with van der Waals surface area (Å²) in [5.74, 6) is 4.85. The molecule has 0 bridgehead atoms. The third-order valence-electron chi connectivity index (χ3n) is 1.91. The second-order valence-electron chi connectivity index (χ2n) is 3.12. The van der Waals surface area contributed by atoms with E-state index in [-0.39, 0.29) is 0 Å². The molecule has 0 radical (unpaired) electrons. The average Bonchev–Trinajstić information content (AvgIpc) is 2.81. The molecule has 0 spiro atoms. The van der Waals surface area contributed by atoms with Gasteiger partial charge < -0.3 is 0 Å². The second kappa shape index (κ2) is 5.29. The summed E-state index contributed by atoms with van der Waals surface area (Å²) < 4.78 is 13.3. The van der Waals surface area contributed by atoms with Crippen molar-refractivity contribution in [2.75, 3.05) is 0 Å². The Bertz CT molecular complexity index is 527. The van der Waals surface area contributed by atoms with E-state index in [1.165, 1.54) is 17.4 Å². The van der Waals surface area contributed by atoms with Crippen LogP contribution in [0.2, 0.25) is 0 Å². The minimum Gasteiger partial charge on any atom is -0.197 e. The number of hydrogen-bond donors (Lipinski definition) is 0. The van der Waals surface area contributed by atoms with Crippen LogP contribution in [-0.4, -0.2) is 0 Å². The molecule has 0 saturated carbocycles. The molecule has 0 fully saturated rings. The van der Waals surface area contributed by atoms with Crippen LogP contribution in [0, 0.1) is 11.8 Å². The van der Waals surface area contributed by atoms with Crippen LogP contribution in [0.15, 0.2) is 53.7 Å². The average molecular weight is 228 g/mol. The van der Waals surface area contributed by atoms with E-state index >= 15 is 0 Å². The summed E-state index contributed by atoms with van der Waals surface area (Å²) in [5.41, 5.74) is 0.817. The largest absolute Gasteiger partial charge is 0.197 e. The molecule has 0 nitrogen and oxygen atoms in total. The van der Waals surface area contributed by atoms with Crippen LogP contribution in [0.5, 0.6) is 0 Å². The molecule has 16 heavy (non-hydrogen) atoms. The van der Waals surface area contributed by atoms with Crippen LogP contribution in [0.25, 0.3) is 6.08 Å². The van der Waals surface area contributed by atoms with Crippen molar-refractivity contribution in [3.05, 3.63) is 64.1 Å². The Kier molecular flexibility index (Phi) is 3.53. The van der Waals surface area contributed by atoms with E-state index in [4.69, 9.17) is 0 Å². The van der Waals surface area contributed by atoms with Gasteiger partial charge in [0.25, 0.3) is 0 Å². The van der Waals surface area contributed by atoms with Gasteiger partial charge >= 0.3 is 0 Å². The van der Waals surface area contributed by atoms with Crippen LogP contribution in [-0.2, 0) is 0 Å². The highest BCUT2D eigenvalue weighted by atomic mass is 32.1. The highest BCUT2D eigenvalue weighted by molar-refractivity contribution is 7.10. The molecule has 1 aromatic carbocycles. The summed E-state index contributed by atoms with van der Waals surface area (Å²) >= 11 is 1.49. The van der Waals surface area contributed by atoms with Gasteiger partial charge in [-0.15, -0.1) is 11.3 Å². The van der Waals surface area contributed by atoms with Crippen molar-refractivity contribution in [1.82, 2.24) is 0 Å². The quantitative estimate of drug-likeness (QED) is 0.644. The Hall–Kier alpha value is -1.85. The lowest BCUT2D eigenvalue weighted by Crippen LogP contribution is -1.71. The van der Waals surface area contributed by atoms with Gasteiger partial charge in [0.2, 0.25) is 0 Å². The number of hydrogen-bond acceptors (Lipinski definition) is 1. The maximum atomic E-state index is 13.3. The number of rotatable bonds is 1. The van der Waals surface area contributed by atoms with Crippen LogP contribution in [0.4, 0.5) is 4.39 Å². The Morgan fingerprint density at radius 2 is 1.94 bits per heavy atom. The predicted molar refractivity (Wildman–Crippen MR) is 66.7 cm³/mol. The van der Waals surface area contributed by atoms with E-state index in [1.807, 2.05) is 47.8 Å². The fourth-order valence-corrected chi connectivity index (χ4v) is 1.83. The number of halogens is 1. The number of thiophene rings is 1. The van der Waals surface area contributed by atoms with Crippen molar-refractivity contribution in [2.24, 2.45) is 0 Å². The molecule has 0 unspecified atom stereocenters. The molecule has 0 aliphatic rings. The van der Waals surface area contributed by atoms with E-state index in [1.54, 1.807) is 0 Å². The van der Waals surface area contributed by atoms with Crippen molar-refractivity contribution >= 4 is 17.4 Å². The summed E-state index contributed by atoms with van der Waals surface area (Å²) in [7, 11) is 0. The fraction of sp³-hybridized carbons (Fsp3) is 0. The van der Waals surface area contributed by atoms with Gasteiger partial charge in [-0.25, -0.2) is 0 Å². The molecule has 1 heterocycles. The minimum atomic E-state index is -0.411. The topological polar surface area (TPSA) is 0 Å². The second-order valence-corrected chi connectivity index (χ2v) is 4.10. The number of benzene rings is 1. The molecule has 2 heteroatoms. The maximum Gasteiger partial charge on any atom is 0.174 e. The van der Waals surface area contributed by atoms with Crippen LogP contribution in [0.3, 0.4) is 0 Å². The van der Waals surface area contributed by atoms with Gasteiger partial charge in [0, 0.05) is 10.4 Å². The lowest BCUT2D eigenvalue weighted by molar-refractivity contribution is 0.683. The molecule has 1 aromatic heterocycles. The monoisotopic (exact) mass is 228 g/mol. The SMILES string of the molecule is F/C(C#Cc1ccccc1)=C/c1cccs1. The highest BCUT2D eigenvalue weighted by Gasteiger charge is 1.91. The lowest BCUT2D eigenvalue weighted by atomic mass is 10.2. The van der Waals surface area contributed by atoms with Crippen molar-refractivity contribution in [3.8, 4) is 11.8 Å². The summed E-state index contributed by atoms with van der Waals surface area (Å²) in [6.45, 7) is 0. The van der Waals surface area contributed by atoms with Crippen LogP contribution >= 0.6 is 11.3 Å². The Morgan fingerprint density at radius 1 is 1.12 bits per heavy atom. The normalized spacial score (nSPS) is 10.7. The molecular formula is C14H9FS. The van der Waals surface area contributed by atoms with Gasteiger partial charge in [0.1, 0.15) is 0 Å². The third kappa shape index (κ3) is 3.08. The first-order valence-corrected chi connectivity index (χ1v) is 5.70. The fourth-order valence-electron chi connectivity index (χ4n) is 1.19. The molecule has 2 aromatic rings.